The van der Waals surface area contributed by atoms with Crippen LogP contribution < -0.4 is 10.1 Å². The number of anilines is 1. The highest BCUT2D eigenvalue weighted by Gasteiger charge is 2.36. The van der Waals surface area contributed by atoms with Crippen LogP contribution in [0.4, 0.5) is 5.69 Å². The zero-order chi connectivity index (χ0) is 19.2. The van der Waals surface area contributed by atoms with Gasteiger partial charge in [0.1, 0.15) is 11.8 Å². The first-order valence-corrected chi connectivity index (χ1v) is 9.42. The van der Waals surface area contributed by atoms with Crippen LogP contribution in [0.2, 0.25) is 0 Å². The van der Waals surface area contributed by atoms with Crippen LogP contribution in [-0.4, -0.2) is 49.0 Å². The Balaban J connectivity index is 1.55. The summed E-state index contributed by atoms with van der Waals surface area (Å²) in [6, 6.07) is 9.83. The molecule has 7 nitrogen and oxygen atoms in total. The van der Waals surface area contributed by atoms with Crippen molar-refractivity contribution in [2.75, 3.05) is 25.6 Å². The number of para-hydroxylation sites is 2. The summed E-state index contributed by atoms with van der Waals surface area (Å²) >= 11 is 1.34. The molecule has 1 aromatic carbocycles. The number of methoxy groups -OCH3 is 1. The molecule has 27 heavy (non-hydrogen) atoms. The van der Waals surface area contributed by atoms with Crippen molar-refractivity contribution >= 4 is 34.8 Å². The van der Waals surface area contributed by atoms with Gasteiger partial charge in [0, 0.05) is 6.54 Å². The summed E-state index contributed by atoms with van der Waals surface area (Å²) in [6.07, 6.45) is 1.26. The monoisotopic (exact) mass is 388 g/mol. The van der Waals surface area contributed by atoms with Crippen molar-refractivity contribution in [3.63, 3.8) is 0 Å². The lowest BCUT2D eigenvalue weighted by Gasteiger charge is -2.22. The Morgan fingerprint density at radius 2 is 2.04 bits per heavy atom. The summed E-state index contributed by atoms with van der Waals surface area (Å²) in [6.45, 7) is 0.0817. The number of thiophene rings is 1. The summed E-state index contributed by atoms with van der Waals surface area (Å²) in [5, 5.41) is 4.46. The summed E-state index contributed by atoms with van der Waals surface area (Å²) in [5.74, 6) is -0.696. The fourth-order valence-corrected chi connectivity index (χ4v) is 3.64. The van der Waals surface area contributed by atoms with E-state index in [9.17, 15) is 14.4 Å². The molecule has 2 aromatic rings. The molecule has 1 aliphatic rings. The number of hydrogen-bond donors (Lipinski definition) is 1. The topological polar surface area (TPSA) is 84.9 Å². The highest BCUT2D eigenvalue weighted by Crippen LogP contribution is 2.24. The summed E-state index contributed by atoms with van der Waals surface area (Å²) in [4.78, 5) is 39.1. The summed E-state index contributed by atoms with van der Waals surface area (Å²) < 4.78 is 10.3. The maximum Gasteiger partial charge on any atom is 0.329 e. The normalized spacial score (nSPS) is 16.0. The molecule has 1 aromatic heterocycles. The van der Waals surface area contributed by atoms with Gasteiger partial charge >= 0.3 is 5.97 Å². The highest BCUT2D eigenvalue weighted by atomic mass is 32.1. The van der Waals surface area contributed by atoms with Crippen LogP contribution in [0, 0.1) is 0 Å². The van der Waals surface area contributed by atoms with E-state index in [2.05, 4.69) is 5.32 Å². The third kappa shape index (κ3) is 4.46. The molecule has 1 fully saturated rings. The van der Waals surface area contributed by atoms with Crippen LogP contribution >= 0.6 is 11.3 Å². The third-order valence-corrected chi connectivity index (χ3v) is 5.10. The molecule has 142 valence electrons. The fourth-order valence-electron chi connectivity index (χ4n) is 2.96. The molecule has 1 atom stereocenters. The van der Waals surface area contributed by atoms with Crippen molar-refractivity contribution in [1.29, 1.82) is 0 Å². The zero-order valence-electron chi connectivity index (χ0n) is 14.8. The molecule has 3 rings (SSSR count). The molecule has 1 saturated heterocycles. The van der Waals surface area contributed by atoms with Crippen molar-refractivity contribution in [2.24, 2.45) is 0 Å². The lowest BCUT2D eigenvalue weighted by Crippen LogP contribution is -2.41. The number of benzene rings is 1. The van der Waals surface area contributed by atoms with E-state index < -0.39 is 24.5 Å². The van der Waals surface area contributed by atoms with Crippen LogP contribution in [-0.2, 0) is 14.3 Å². The number of carbonyl (C=O) groups excluding carboxylic acids is 3. The largest absolute Gasteiger partial charge is 0.495 e. The predicted molar refractivity (Wildman–Crippen MR) is 101 cm³/mol. The smallest absolute Gasteiger partial charge is 0.329 e. The highest BCUT2D eigenvalue weighted by molar-refractivity contribution is 7.12. The Morgan fingerprint density at radius 3 is 2.78 bits per heavy atom. The van der Waals surface area contributed by atoms with E-state index in [4.69, 9.17) is 9.47 Å². The van der Waals surface area contributed by atoms with Gasteiger partial charge < -0.3 is 19.7 Å². The maximum absolute atomic E-state index is 12.5. The van der Waals surface area contributed by atoms with Gasteiger partial charge in [0.25, 0.3) is 11.8 Å². The Kier molecular flexibility index (Phi) is 6.08. The van der Waals surface area contributed by atoms with Crippen molar-refractivity contribution in [3.8, 4) is 5.75 Å². The van der Waals surface area contributed by atoms with Crippen LogP contribution in [0.5, 0.6) is 5.75 Å². The number of likely N-dealkylation sites (tertiary alicyclic amines) is 1. The van der Waals surface area contributed by atoms with Gasteiger partial charge in [-0.1, -0.05) is 18.2 Å². The second kappa shape index (κ2) is 8.68. The molecule has 1 N–H and O–H groups in total. The molecule has 2 amide bonds. The first-order valence-electron chi connectivity index (χ1n) is 8.54. The average molecular weight is 388 g/mol. The Morgan fingerprint density at radius 1 is 1.22 bits per heavy atom. The quantitative estimate of drug-likeness (QED) is 0.769. The molecule has 1 aliphatic heterocycles. The number of amides is 2. The van der Waals surface area contributed by atoms with Gasteiger partial charge in [-0.25, -0.2) is 4.79 Å². The molecule has 0 spiro atoms. The van der Waals surface area contributed by atoms with Crippen molar-refractivity contribution in [3.05, 3.63) is 46.7 Å². The Bertz CT molecular complexity index is 821. The number of hydrogen-bond acceptors (Lipinski definition) is 6. The molecule has 0 saturated carbocycles. The van der Waals surface area contributed by atoms with E-state index in [-0.39, 0.29) is 5.91 Å². The number of nitrogens with zero attached hydrogens (tertiary/aromatic N) is 1. The number of rotatable bonds is 6. The van der Waals surface area contributed by atoms with E-state index in [1.165, 1.54) is 23.3 Å². The SMILES string of the molecule is COc1ccccc1NC(=O)COC(=O)[C@H]1CCCN1C(=O)c1cccs1. The molecular formula is C19H20N2O5S. The standard InChI is InChI=1S/C19H20N2O5S/c1-25-15-8-3-2-6-13(15)20-17(22)12-26-19(24)14-7-4-10-21(14)18(23)16-9-5-11-27-16/h2-3,5-6,8-9,11,14H,4,7,10,12H2,1H3,(H,20,22)/t14-/m1/s1. The van der Waals surface area contributed by atoms with E-state index in [1.54, 1.807) is 36.4 Å². The fraction of sp³-hybridized carbons (Fsp3) is 0.316. The van der Waals surface area contributed by atoms with E-state index in [0.717, 1.165) is 6.42 Å². The van der Waals surface area contributed by atoms with E-state index in [1.807, 2.05) is 5.38 Å². The van der Waals surface area contributed by atoms with E-state index >= 15 is 0 Å². The zero-order valence-corrected chi connectivity index (χ0v) is 15.7. The molecule has 0 unspecified atom stereocenters. The lowest BCUT2D eigenvalue weighted by molar-refractivity contribution is -0.151. The number of carbonyl (C=O) groups is 3. The van der Waals surface area contributed by atoms with Gasteiger partial charge in [-0.15, -0.1) is 11.3 Å². The average Bonchev–Trinajstić information content (AvgIpc) is 3.38. The minimum absolute atomic E-state index is 0.178. The van der Waals surface area contributed by atoms with Gasteiger partial charge in [0.05, 0.1) is 17.7 Å². The van der Waals surface area contributed by atoms with Crippen molar-refractivity contribution in [2.45, 2.75) is 18.9 Å². The van der Waals surface area contributed by atoms with Crippen molar-refractivity contribution in [1.82, 2.24) is 4.90 Å². The lowest BCUT2D eigenvalue weighted by atomic mass is 10.2. The number of esters is 1. The van der Waals surface area contributed by atoms with Crippen molar-refractivity contribution < 1.29 is 23.9 Å². The van der Waals surface area contributed by atoms with Gasteiger partial charge in [-0.05, 0) is 36.4 Å². The summed E-state index contributed by atoms with van der Waals surface area (Å²) in [7, 11) is 1.50. The molecule has 2 heterocycles. The van der Waals surface area contributed by atoms with E-state index in [0.29, 0.717) is 29.3 Å². The molecule has 0 bridgehead atoms. The van der Waals surface area contributed by atoms with Gasteiger partial charge in [0.15, 0.2) is 6.61 Å². The molecular weight excluding hydrogens is 368 g/mol. The number of ether oxygens (including phenoxy) is 2. The molecule has 8 heteroatoms. The van der Waals surface area contributed by atoms with Gasteiger partial charge in [0.2, 0.25) is 0 Å². The van der Waals surface area contributed by atoms with Crippen LogP contribution in [0.15, 0.2) is 41.8 Å². The van der Waals surface area contributed by atoms with Gasteiger partial charge in [-0.3, -0.25) is 9.59 Å². The van der Waals surface area contributed by atoms with Crippen LogP contribution in [0.1, 0.15) is 22.5 Å². The maximum atomic E-state index is 12.5. The first-order chi connectivity index (χ1) is 13.1. The third-order valence-electron chi connectivity index (χ3n) is 4.24. The minimum atomic E-state index is -0.654. The Hall–Kier alpha value is -2.87. The van der Waals surface area contributed by atoms with Crippen LogP contribution in [0.25, 0.3) is 0 Å². The van der Waals surface area contributed by atoms with Crippen LogP contribution in [0.3, 0.4) is 0 Å². The second-order valence-electron chi connectivity index (χ2n) is 5.99. The second-order valence-corrected chi connectivity index (χ2v) is 6.94. The Labute approximate surface area is 160 Å². The number of nitrogens with one attached hydrogen (secondary N) is 1. The summed E-state index contributed by atoms with van der Waals surface area (Å²) in [5.41, 5.74) is 0.497. The van der Waals surface area contributed by atoms with Gasteiger partial charge in [-0.2, -0.15) is 0 Å². The first kappa shape index (κ1) is 18.9. The molecule has 0 aliphatic carbocycles. The molecule has 0 radical (unpaired) electrons. The predicted octanol–water partition coefficient (Wildman–Crippen LogP) is 2.54. The minimum Gasteiger partial charge on any atom is -0.495 e.